The van der Waals surface area contributed by atoms with Crippen LogP contribution in [0.3, 0.4) is 0 Å². The molecule has 0 aliphatic carbocycles. The van der Waals surface area contributed by atoms with Crippen LogP contribution in [0, 0.1) is 0 Å². The first-order valence-corrected chi connectivity index (χ1v) is 8.04. The molecule has 0 amide bonds. The smallest absolute Gasteiger partial charge is 0.363 e. The molecular weight excluding hydrogens is 318 g/mol. The largest absolute Gasteiger partial charge is 0.427 e. The standard InChI is InChI=1S/C20H17NO4/c1-2-6-18(22)24-16-11-9-14(10-12-16)13-17-20(23)25-19(21-17)15-7-4-3-5-8-15/h3-5,7-13H,2,6H2,1H3/b17-13-. The lowest BCUT2D eigenvalue weighted by atomic mass is 10.2. The van der Waals surface area contributed by atoms with Crippen molar-refractivity contribution >= 4 is 23.9 Å². The van der Waals surface area contributed by atoms with E-state index in [1.807, 2.05) is 37.3 Å². The molecule has 1 aliphatic heterocycles. The van der Waals surface area contributed by atoms with E-state index in [4.69, 9.17) is 9.47 Å². The molecule has 0 saturated carbocycles. The van der Waals surface area contributed by atoms with Crippen molar-refractivity contribution in [1.29, 1.82) is 0 Å². The fourth-order valence-electron chi connectivity index (χ4n) is 2.29. The van der Waals surface area contributed by atoms with Crippen molar-refractivity contribution in [3.05, 3.63) is 71.4 Å². The normalized spacial score (nSPS) is 15.0. The molecule has 5 nitrogen and oxygen atoms in total. The zero-order valence-electron chi connectivity index (χ0n) is 13.8. The number of cyclic esters (lactones) is 1. The van der Waals surface area contributed by atoms with E-state index in [1.54, 1.807) is 30.3 Å². The molecule has 25 heavy (non-hydrogen) atoms. The van der Waals surface area contributed by atoms with Crippen LogP contribution in [0.1, 0.15) is 30.9 Å². The number of benzene rings is 2. The van der Waals surface area contributed by atoms with Gasteiger partial charge in [0.15, 0.2) is 5.70 Å². The lowest BCUT2D eigenvalue weighted by Crippen LogP contribution is -2.06. The third-order valence-electron chi connectivity index (χ3n) is 3.51. The van der Waals surface area contributed by atoms with Gasteiger partial charge in [0.05, 0.1) is 0 Å². The van der Waals surface area contributed by atoms with Gasteiger partial charge in [0.1, 0.15) is 5.75 Å². The summed E-state index contributed by atoms with van der Waals surface area (Å²) < 4.78 is 10.4. The lowest BCUT2D eigenvalue weighted by Gasteiger charge is -2.03. The van der Waals surface area contributed by atoms with E-state index in [0.717, 1.165) is 17.5 Å². The molecule has 0 N–H and O–H groups in total. The first-order valence-electron chi connectivity index (χ1n) is 8.04. The summed E-state index contributed by atoms with van der Waals surface area (Å²) in [6, 6.07) is 16.1. The second-order valence-corrected chi connectivity index (χ2v) is 5.50. The molecule has 1 aliphatic rings. The summed E-state index contributed by atoms with van der Waals surface area (Å²) in [6.07, 6.45) is 2.76. The summed E-state index contributed by atoms with van der Waals surface area (Å²) in [5, 5.41) is 0. The van der Waals surface area contributed by atoms with Crippen LogP contribution >= 0.6 is 0 Å². The highest BCUT2D eigenvalue weighted by atomic mass is 16.6. The molecule has 0 atom stereocenters. The van der Waals surface area contributed by atoms with Gasteiger partial charge >= 0.3 is 11.9 Å². The van der Waals surface area contributed by atoms with Crippen molar-refractivity contribution in [2.24, 2.45) is 4.99 Å². The summed E-state index contributed by atoms with van der Waals surface area (Å²) in [4.78, 5) is 27.7. The molecule has 5 heteroatoms. The van der Waals surface area contributed by atoms with E-state index in [2.05, 4.69) is 4.99 Å². The minimum atomic E-state index is -0.489. The fourth-order valence-corrected chi connectivity index (χ4v) is 2.29. The van der Waals surface area contributed by atoms with Gasteiger partial charge in [0.25, 0.3) is 0 Å². The van der Waals surface area contributed by atoms with Crippen LogP contribution in [0.2, 0.25) is 0 Å². The monoisotopic (exact) mass is 335 g/mol. The van der Waals surface area contributed by atoms with Gasteiger partial charge in [-0.2, -0.15) is 0 Å². The molecule has 2 aromatic carbocycles. The number of carbonyl (C=O) groups is 2. The highest BCUT2D eigenvalue weighted by Gasteiger charge is 2.23. The maximum atomic E-state index is 12.0. The predicted molar refractivity (Wildman–Crippen MR) is 94.0 cm³/mol. The zero-order chi connectivity index (χ0) is 17.6. The molecule has 3 rings (SSSR count). The summed E-state index contributed by atoms with van der Waals surface area (Å²) in [5.41, 5.74) is 1.74. The van der Waals surface area contributed by atoms with Gasteiger partial charge < -0.3 is 9.47 Å². The maximum absolute atomic E-state index is 12.0. The molecule has 0 bridgehead atoms. The second kappa shape index (κ2) is 7.57. The average molecular weight is 335 g/mol. The molecule has 0 fully saturated rings. The number of hydrogen-bond acceptors (Lipinski definition) is 5. The maximum Gasteiger partial charge on any atom is 0.363 e. The molecule has 0 spiro atoms. The molecule has 0 unspecified atom stereocenters. The highest BCUT2D eigenvalue weighted by Crippen LogP contribution is 2.20. The first-order chi connectivity index (χ1) is 12.2. The molecule has 0 radical (unpaired) electrons. The van der Waals surface area contributed by atoms with E-state index < -0.39 is 5.97 Å². The number of rotatable bonds is 5. The van der Waals surface area contributed by atoms with Crippen LogP contribution in [0.5, 0.6) is 5.75 Å². The number of carbonyl (C=O) groups excluding carboxylic acids is 2. The SMILES string of the molecule is CCCC(=O)Oc1ccc(/C=C2\N=C(c3ccccc3)OC2=O)cc1. The molecule has 0 aromatic heterocycles. The van der Waals surface area contributed by atoms with Crippen LogP contribution < -0.4 is 4.74 Å². The minimum absolute atomic E-state index is 0.231. The van der Waals surface area contributed by atoms with E-state index in [0.29, 0.717) is 18.1 Å². The Morgan fingerprint density at radius 1 is 1.12 bits per heavy atom. The Hall–Kier alpha value is -3.21. The van der Waals surface area contributed by atoms with Crippen molar-refractivity contribution < 1.29 is 19.1 Å². The van der Waals surface area contributed by atoms with Crippen LogP contribution in [0.25, 0.3) is 6.08 Å². The van der Waals surface area contributed by atoms with Crippen LogP contribution in [-0.4, -0.2) is 17.8 Å². The summed E-state index contributed by atoms with van der Waals surface area (Å²) in [5.74, 6) is 0.0208. The van der Waals surface area contributed by atoms with Crippen molar-refractivity contribution in [1.82, 2.24) is 0 Å². The third-order valence-corrected chi connectivity index (χ3v) is 3.51. The number of esters is 2. The van der Waals surface area contributed by atoms with Gasteiger partial charge in [0.2, 0.25) is 5.90 Å². The van der Waals surface area contributed by atoms with Gasteiger partial charge in [-0.1, -0.05) is 37.3 Å². The summed E-state index contributed by atoms with van der Waals surface area (Å²) >= 11 is 0. The quantitative estimate of drug-likeness (QED) is 0.474. The fraction of sp³-hybridized carbons (Fsp3) is 0.150. The summed E-state index contributed by atoms with van der Waals surface area (Å²) in [7, 11) is 0. The first kappa shape index (κ1) is 16.6. The van der Waals surface area contributed by atoms with Crippen LogP contribution in [0.4, 0.5) is 0 Å². The average Bonchev–Trinajstić information content (AvgIpc) is 2.98. The van der Waals surface area contributed by atoms with E-state index >= 15 is 0 Å². The predicted octanol–water partition coefficient (Wildman–Crippen LogP) is 3.74. The minimum Gasteiger partial charge on any atom is -0.427 e. The Kier molecular flexibility index (Phi) is 5.04. The van der Waals surface area contributed by atoms with Crippen LogP contribution in [-0.2, 0) is 14.3 Å². The van der Waals surface area contributed by atoms with E-state index in [9.17, 15) is 9.59 Å². The van der Waals surface area contributed by atoms with Crippen LogP contribution in [0.15, 0.2) is 65.3 Å². The van der Waals surface area contributed by atoms with Crippen molar-refractivity contribution in [2.75, 3.05) is 0 Å². The topological polar surface area (TPSA) is 65.0 Å². The Balaban J connectivity index is 1.75. The number of ether oxygens (including phenoxy) is 2. The second-order valence-electron chi connectivity index (χ2n) is 5.50. The van der Waals surface area contributed by atoms with Gasteiger partial charge in [-0.15, -0.1) is 0 Å². The van der Waals surface area contributed by atoms with Crippen molar-refractivity contribution in [3.8, 4) is 5.75 Å². The molecule has 2 aromatic rings. The Labute approximate surface area is 145 Å². The summed E-state index contributed by atoms with van der Waals surface area (Å²) in [6.45, 7) is 1.92. The van der Waals surface area contributed by atoms with E-state index in [-0.39, 0.29) is 11.7 Å². The van der Waals surface area contributed by atoms with Gasteiger partial charge in [-0.05, 0) is 42.3 Å². The van der Waals surface area contributed by atoms with Gasteiger partial charge in [-0.25, -0.2) is 9.79 Å². The lowest BCUT2D eigenvalue weighted by molar-refractivity contribution is -0.134. The molecular formula is C20H17NO4. The third kappa shape index (κ3) is 4.20. The number of nitrogens with zero attached hydrogens (tertiary/aromatic N) is 1. The zero-order valence-corrected chi connectivity index (χ0v) is 13.8. The van der Waals surface area contributed by atoms with Gasteiger partial charge in [0, 0.05) is 12.0 Å². The van der Waals surface area contributed by atoms with Crippen molar-refractivity contribution in [2.45, 2.75) is 19.8 Å². The number of aliphatic imine (C=N–C) groups is 1. The highest BCUT2D eigenvalue weighted by molar-refractivity contribution is 6.12. The van der Waals surface area contributed by atoms with Gasteiger partial charge in [-0.3, -0.25) is 4.79 Å². The Morgan fingerprint density at radius 2 is 1.84 bits per heavy atom. The van der Waals surface area contributed by atoms with E-state index in [1.165, 1.54) is 0 Å². The molecule has 126 valence electrons. The molecule has 0 saturated heterocycles. The Bertz CT molecular complexity index is 836. The Morgan fingerprint density at radius 3 is 2.52 bits per heavy atom. The molecule has 1 heterocycles. The van der Waals surface area contributed by atoms with Crippen molar-refractivity contribution in [3.63, 3.8) is 0 Å². The number of hydrogen-bond donors (Lipinski definition) is 0.